The first-order valence-electron chi connectivity index (χ1n) is 6.15. The van der Waals surface area contributed by atoms with Crippen molar-refractivity contribution in [3.8, 4) is 5.75 Å². The Morgan fingerprint density at radius 3 is 3.00 bits per heavy atom. The number of hydrogen-bond donors (Lipinski definition) is 1. The number of nitrogens with two attached hydrogens (primary N) is 1. The zero-order valence-corrected chi connectivity index (χ0v) is 11.2. The lowest BCUT2D eigenvalue weighted by atomic mass is 10.0. The minimum absolute atomic E-state index is 0.0228. The summed E-state index contributed by atoms with van der Waals surface area (Å²) in [6.45, 7) is 1.61. The highest BCUT2D eigenvalue weighted by Gasteiger charge is 2.20. The summed E-state index contributed by atoms with van der Waals surface area (Å²) in [7, 11) is 2.08. The molecule has 0 aliphatic carbocycles. The van der Waals surface area contributed by atoms with Crippen molar-refractivity contribution < 1.29 is 9.13 Å². The quantitative estimate of drug-likeness (QED) is 0.860. The fourth-order valence-electron chi connectivity index (χ4n) is 2.21. The van der Waals surface area contributed by atoms with Crippen molar-refractivity contribution in [3.63, 3.8) is 0 Å². The maximum atomic E-state index is 13.3. The van der Waals surface area contributed by atoms with Gasteiger partial charge in [-0.15, -0.1) is 0 Å². The summed E-state index contributed by atoms with van der Waals surface area (Å²) in [6, 6.07) is 3.01. The number of benzene rings is 1. The van der Waals surface area contributed by atoms with Crippen LogP contribution in [0.25, 0.3) is 0 Å². The summed E-state index contributed by atoms with van der Waals surface area (Å²) in [4.78, 5) is 2.27. The monoisotopic (exact) mass is 272 g/mol. The molecule has 2 N–H and O–H groups in total. The van der Waals surface area contributed by atoms with E-state index in [4.69, 9.17) is 22.1 Å². The van der Waals surface area contributed by atoms with Crippen molar-refractivity contribution in [1.82, 2.24) is 4.90 Å². The molecule has 3 nitrogen and oxygen atoms in total. The van der Waals surface area contributed by atoms with E-state index in [-0.39, 0.29) is 5.02 Å². The molecule has 1 aliphatic rings. The van der Waals surface area contributed by atoms with Crippen molar-refractivity contribution in [2.24, 2.45) is 0 Å². The molecular weight excluding hydrogens is 255 g/mol. The van der Waals surface area contributed by atoms with Crippen LogP contribution in [0.15, 0.2) is 12.1 Å². The first-order valence-corrected chi connectivity index (χ1v) is 6.53. The molecule has 1 aromatic rings. The van der Waals surface area contributed by atoms with Gasteiger partial charge in [0.1, 0.15) is 18.2 Å². The zero-order valence-electron chi connectivity index (χ0n) is 10.5. The van der Waals surface area contributed by atoms with E-state index in [1.807, 2.05) is 0 Å². The summed E-state index contributed by atoms with van der Waals surface area (Å²) in [5.74, 6) is -0.131. The summed E-state index contributed by atoms with van der Waals surface area (Å²) in [5.41, 5.74) is 6.13. The third-order valence-electron chi connectivity index (χ3n) is 3.41. The van der Waals surface area contributed by atoms with Gasteiger partial charge in [-0.3, -0.25) is 0 Å². The molecule has 0 aromatic heterocycles. The maximum absolute atomic E-state index is 13.3. The van der Waals surface area contributed by atoms with E-state index >= 15 is 0 Å². The van der Waals surface area contributed by atoms with Crippen LogP contribution in [-0.2, 0) is 0 Å². The molecule has 100 valence electrons. The van der Waals surface area contributed by atoms with Crippen LogP contribution in [0.4, 0.5) is 10.1 Å². The van der Waals surface area contributed by atoms with Crippen LogP contribution in [0.5, 0.6) is 5.75 Å². The van der Waals surface area contributed by atoms with Gasteiger partial charge in [-0.25, -0.2) is 4.39 Å². The van der Waals surface area contributed by atoms with E-state index in [0.717, 1.165) is 13.0 Å². The molecule has 1 unspecified atom stereocenters. The van der Waals surface area contributed by atoms with E-state index < -0.39 is 5.82 Å². The van der Waals surface area contributed by atoms with E-state index in [2.05, 4.69) is 11.9 Å². The fourth-order valence-corrected chi connectivity index (χ4v) is 2.38. The van der Waals surface area contributed by atoms with Gasteiger partial charge in [-0.05, 0) is 32.5 Å². The van der Waals surface area contributed by atoms with Crippen molar-refractivity contribution in [2.75, 3.05) is 25.9 Å². The van der Waals surface area contributed by atoms with Crippen molar-refractivity contribution in [3.05, 3.63) is 23.0 Å². The first kappa shape index (κ1) is 13.4. The number of rotatable bonds is 3. The average molecular weight is 273 g/mol. The Labute approximate surface area is 112 Å². The third-order valence-corrected chi connectivity index (χ3v) is 3.70. The minimum atomic E-state index is -0.502. The molecule has 5 heteroatoms. The molecule has 1 heterocycles. The van der Waals surface area contributed by atoms with Crippen molar-refractivity contribution in [2.45, 2.75) is 25.3 Å². The molecule has 0 bridgehead atoms. The van der Waals surface area contributed by atoms with Crippen LogP contribution in [-0.4, -0.2) is 31.1 Å². The predicted molar refractivity (Wildman–Crippen MR) is 71.6 cm³/mol. The second kappa shape index (κ2) is 5.76. The van der Waals surface area contributed by atoms with Gasteiger partial charge >= 0.3 is 0 Å². The molecule has 0 saturated carbocycles. The van der Waals surface area contributed by atoms with Gasteiger partial charge < -0.3 is 15.4 Å². The minimum Gasteiger partial charge on any atom is -0.490 e. The maximum Gasteiger partial charge on any atom is 0.145 e. The molecular formula is C13H18ClFN2O. The number of halogens is 2. The number of ether oxygens (including phenoxy) is 1. The van der Waals surface area contributed by atoms with Gasteiger partial charge in [-0.1, -0.05) is 18.0 Å². The van der Waals surface area contributed by atoms with Gasteiger partial charge in [0.15, 0.2) is 0 Å². The number of nitrogen functional groups attached to an aromatic ring is 1. The Bertz CT molecular complexity index is 428. The molecule has 1 saturated heterocycles. The lowest BCUT2D eigenvalue weighted by Gasteiger charge is -2.32. The Hall–Kier alpha value is -1.00. The molecule has 1 fully saturated rings. The molecule has 0 radical (unpaired) electrons. The van der Waals surface area contributed by atoms with Crippen LogP contribution in [0.1, 0.15) is 19.3 Å². The lowest BCUT2D eigenvalue weighted by Crippen LogP contribution is -2.40. The molecule has 0 amide bonds. The fraction of sp³-hybridized carbons (Fsp3) is 0.538. The normalized spacial score (nSPS) is 20.9. The van der Waals surface area contributed by atoms with Crippen LogP contribution < -0.4 is 10.5 Å². The second-order valence-electron chi connectivity index (χ2n) is 4.75. The molecule has 1 atom stereocenters. The molecule has 0 spiro atoms. The Kier molecular flexibility index (Phi) is 4.30. The zero-order chi connectivity index (χ0) is 13.1. The van der Waals surface area contributed by atoms with Gasteiger partial charge in [0, 0.05) is 12.1 Å². The predicted octanol–water partition coefficient (Wildman–Crippen LogP) is 2.92. The smallest absolute Gasteiger partial charge is 0.145 e. The highest BCUT2D eigenvalue weighted by Crippen LogP contribution is 2.28. The largest absolute Gasteiger partial charge is 0.490 e. The second-order valence-corrected chi connectivity index (χ2v) is 5.15. The lowest BCUT2D eigenvalue weighted by molar-refractivity contribution is 0.125. The molecule has 1 aliphatic heterocycles. The van der Waals surface area contributed by atoms with E-state index in [1.54, 1.807) is 0 Å². The van der Waals surface area contributed by atoms with Gasteiger partial charge in [0.2, 0.25) is 0 Å². The number of likely N-dealkylation sites (tertiary alicyclic amines) is 1. The first-order chi connectivity index (χ1) is 8.58. The summed E-state index contributed by atoms with van der Waals surface area (Å²) >= 11 is 5.64. The molecule has 1 aromatic carbocycles. The number of anilines is 1. The number of nitrogens with zero attached hydrogens (tertiary/aromatic N) is 1. The van der Waals surface area contributed by atoms with Crippen LogP contribution >= 0.6 is 11.6 Å². The summed E-state index contributed by atoms with van der Waals surface area (Å²) in [6.07, 6.45) is 3.54. The summed E-state index contributed by atoms with van der Waals surface area (Å²) in [5, 5.41) is 0.0228. The van der Waals surface area contributed by atoms with Crippen molar-refractivity contribution in [1.29, 1.82) is 0 Å². The highest BCUT2D eigenvalue weighted by molar-refractivity contribution is 6.31. The number of likely N-dealkylation sites (N-methyl/N-ethyl adjacent to an activating group) is 1. The molecule has 2 rings (SSSR count). The molecule has 18 heavy (non-hydrogen) atoms. The van der Waals surface area contributed by atoms with Crippen LogP contribution in [0, 0.1) is 5.82 Å². The van der Waals surface area contributed by atoms with Gasteiger partial charge in [0.05, 0.1) is 10.7 Å². The van der Waals surface area contributed by atoms with Crippen LogP contribution in [0.3, 0.4) is 0 Å². The highest BCUT2D eigenvalue weighted by atomic mass is 35.5. The third kappa shape index (κ3) is 3.06. The van der Waals surface area contributed by atoms with Crippen molar-refractivity contribution >= 4 is 17.3 Å². The Morgan fingerprint density at radius 2 is 2.28 bits per heavy atom. The standard InChI is InChI=1S/C13H18ClFN2O/c1-17-5-3-2-4-9(17)8-18-13-7-11(15)10(14)6-12(13)16/h6-7,9H,2-5,8,16H2,1H3. The van der Waals surface area contributed by atoms with Gasteiger partial charge in [-0.2, -0.15) is 0 Å². The number of piperidine rings is 1. The SMILES string of the molecule is CN1CCCCC1COc1cc(F)c(Cl)cc1N. The van der Waals surface area contributed by atoms with Gasteiger partial charge in [0.25, 0.3) is 0 Å². The summed E-state index contributed by atoms with van der Waals surface area (Å²) < 4.78 is 18.9. The van der Waals surface area contributed by atoms with Crippen LogP contribution in [0.2, 0.25) is 5.02 Å². The Balaban J connectivity index is 1.99. The number of hydrogen-bond acceptors (Lipinski definition) is 3. The Morgan fingerprint density at radius 1 is 1.50 bits per heavy atom. The topological polar surface area (TPSA) is 38.5 Å². The van der Waals surface area contributed by atoms with E-state index in [1.165, 1.54) is 25.0 Å². The van der Waals surface area contributed by atoms with E-state index in [9.17, 15) is 4.39 Å². The average Bonchev–Trinajstić information content (AvgIpc) is 2.34. The van der Waals surface area contributed by atoms with E-state index in [0.29, 0.717) is 24.1 Å².